The van der Waals surface area contributed by atoms with E-state index in [4.69, 9.17) is 14.2 Å². The molecule has 43 heavy (non-hydrogen) atoms. The van der Waals surface area contributed by atoms with Crippen molar-refractivity contribution in [3.05, 3.63) is 83.4 Å². The van der Waals surface area contributed by atoms with Crippen LogP contribution >= 0.6 is 0 Å². The summed E-state index contributed by atoms with van der Waals surface area (Å²) in [5.74, 6) is -0.267. The molecule has 4 rings (SSSR count). The smallest absolute Gasteiger partial charge is 0.410 e. The topological polar surface area (TPSA) is 94.2 Å². The maximum Gasteiger partial charge on any atom is 0.410 e. The fraction of sp³-hybridized carbons (Fsp3) is 0.400. The molecule has 0 unspecified atom stereocenters. The summed E-state index contributed by atoms with van der Waals surface area (Å²) in [5.41, 5.74) is 3.28. The molecule has 0 bridgehead atoms. The molecule has 3 aromatic carbocycles. The SMILES string of the molecule is CCCCOc1ccc(C2CCN(C(=O)OC(C)(C)C)CC2)cc1C(=O)Nc1cc(-c2ccccc2)ccc1C(=O)OC. The minimum atomic E-state index is -0.544. The van der Waals surface area contributed by atoms with Gasteiger partial charge >= 0.3 is 12.1 Å². The van der Waals surface area contributed by atoms with Gasteiger partial charge in [0.2, 0.25) is 0 Å². The lowest BCUT2D eigenvalue weighted by molar-refractivity contribution is 0.0204. The van der Waals surface area contributed by atoms with Crippen molar-refractivity contribution >= 4 is 23.7 Å². The maximum atomic E-state index is 13.9. The van der Waals surface area contributed by atoms with E-state index < -0.39 is 11.6 Å². The van der Waals surface area contributed by atoms with Crippen LogP contribution in [0.1, 0.15) is 85.6 Å². The number of hydrogen-bond acceptors (Lipinski definition) is 6. The number of hydrogen-bond donors (Lipinski definition) is 1. The van der Waals surface area contributed by atoms with E-state index >= 15 is 0 Å². The predicted molar refractivity (Wildman–Crippen MR) is 168 cm³/mol. The molecule has 1 aliphatic rings. The molecule has 1 aliphatic heterocycles. The Bertz CT molecular complexity index is 1420. The van der Waals surface area contributed by atoms with E-state index in [2.05, 4.69) is 12.2 Å². The van der Waals surface area contributed by atoms with Gasteiger partial charge in [0, 0.05) is 13.1 Å². The van der Waals surface area contributed by atoms with Gasteiger partial charge in [-0.2, -0.15) is 0 Å². The first-order valence-corrected chi connectivity index (χ1v) is 14.9. The van der Waals surface area contributed by atoms with Crippen molar-refractivity contribution in [2.45, 2.75) is 64.9 Å². The third kappa shape index (κ3) is 8.37. The van der Waals surface area contributed by atoms with Gasteiger partial charge in [0.25, 0.3) is 5.91 Å². The van der Waals surface area contributed by atoms with Crippen LogP contribution in [0.5, 0.6) is 5.75 Å². The summed E-state index contributed by atoms with van der Waals surface area (Å²) in [6.07, 6.45) is 3.02. The van der Waals surface area contributed by atoms with Crippen LogP contribution in [0.25, 0.3) is 11.1 Å². The molecule has 8 nitrogen and oxygen atoms in total. The fourth-order valence-corrected chi connectivity index (χ4v) is 5.09. The van der Waals surface area contributed by atoms with Crippen LogP contribution in [-0.4, -0.2) is 55.3 Å². The molecule has 1 heterocycles. The van der Waals surface area contributed by atoms with E-state index in [0.29, 0.717) is 36.7 Å². The third-order valence-corrected chi connectivity index (χ3v) is 7.40. The lowest BCUT2D eigenvalue weighted by atomic mass is 9.88. The molecular formula is C35H42N2O6. The van der Waals surface area contributed by atoms with Gasteiger partial charge < -0.3 is 24.4 Å². The van der Waals surface area contributed by atoms with Crippen molar-refractivity contribution in [1.82, 2.24) is 4.90 Å². The molecular weight excluding hydrogens is 544 g/mol. The summed E-state index contributed by atoms with van der Waals surface area (Å²) >= 11 is 0. The summed E-state index contributed by atoms with van der Waals surface area (Å²) in [6.45, 7) is 9.30. The third-order valence-electron chi connectivity index (χ3n) is 7.40. The summed E-state index contributed by atoms with van der Waals surface area (Å²) in [5, 5.41) is 2.97. The molecule has 0 atom stereocenters. The molecule has 2 amide bonds. The number of anilines is 1. The molecule has 3 aromatic rings. The summed E-state index contributed by atoms with van der Waals surface area (Å²) in [6, 6.07) is 20.8. The quantitative estimate of drug-likeness (QED) is 0.204. The number of methoxy groups -OCH3 is 1. The minimum absolute atomic E-state index is 0.168. The predicted octanol–water partition coefficient (Wildman–Crippen LogP) is 7.69. The van der Waals surface area contributed by atoms with Crippen molar-refractivity contribution in [1.29, 1.82) is 0 Å². The monoisotopic (exact) mass is 586 g/mol. The second-order valence-electron chi connectivity index (χ2n) is 11.8. The number of piperidine rings is 1. The van der Waals surface area contributed by atoms with E-state index in [1.54, 1.807) is 17.0 Å². The Morgan fingerprint density at radius 2 is 1.63 bits per heavy atom. The van der Waals surface area contributed by atoms with Crippen LogP contribution in [0.3, 0.4) is 0 Å². The number of rotatable bonds is 9. The maximum absolute atomic E-state index is 13.9. The highest BCUT2D eigenvalue weighted by Crippen LogP contribution is 2.33. The molecule has 1 N–H and O–H groups in total. The molecule has 8 heteroatoms. The van der Waals surface area contributed by atoms with Gasteiger partial charge in [0.05, 0.1) is 30.5 Å². The van der Waals surface area contributed by atoms with Gasteiger partial charge in [-0.15, -0.1) is 0 Å². The number of benzene rings is 3. The van der Waals surface area contributed by atoms with E-state index in [1.165, 1.54) is 7.11 Å². The largest absolute Gasteiger partial charge is 0.493 e. The Kier molecular flexibility index (Phi) is 10.5. The number of unbranched alkanes of at least 4 members (excludes halogenated alkanes) is 1. The van der Waals surface area contributed by atoms with Crippen molar-refractivity contribution in [3.8, 4) is 16.9 Å². The lowest BCUT2D eigenvalue weighted by Gasteiger charge is -2.33. The van der Waals surface area contributed by atoms with Gasteiger partial charge in [0.1, 0.15) is 11.4 Å². The first kappa shape index (κ1) is 31.6. The Balaban J connectivity index is 1.60. The first-order chi connectivity index (χ1) is 20.6. The van der Waals surface area contributed by atoms with E-state index in [1.807, 2.05) is 75.4 Å². The standard InChI is InChI=1S/C35H42N2O6/c1-6-7-21-42-31-16-14-26(25-17-19-37(20-18-25)34(40)43-35(2,3)4)22-29(31)32(38)36-30-23-27(24-11-9-8-10-12-24)13-15-28(30)33(39)41-5/h8-16,22-23,25H,6-7,17-21H2,1-5H3,(H,36,38). The van der Waals surface area contributed by atoms with Crippen LogP contribution in [0, 0.1) is 0 Å². The zero-order chi connectivity index (χ0) is 31.0. The number of ether oxygens (including phenoxy) is 3. The van der Waals surface area contributed by atoms with E-state index in [-0.39, 0.29) is 23.5 Å². The number of nitrogens with zero attached hydrogens (tertiary/aromatic N) is 1. The van der Waals surface area contributed by atoms with Crippen LogP contribution in [0.2, 0.25) is 0 Å². The van der Waals surface area contributed by atoms with Crippen molar-refractivity contribution in [2.75, 3.05) is 32.1 Å². The number of esters is 1. The second kappa shape index (κ2) is 14.2. The first-order valence-electron chi connectivity index (χ1n) is 14.9. The number of nitrogens with one attached hydrogen (secondary N) is 1. The average molecular weight is 587 g/mol. The van der Waals surface area contributed by atoms with Gasteiger partial charge in [0.15, 0.2) is 0 Å². The van der Waals surface area contributed by atoms with Crippen molar-refractivity contribution < 1.29 is 28.6 Å². The van der Waals surface area contributed by atoms with Crippen LogP contribution in [0.4, 0.5) is 10.5 Å². The highest BCUT2D eigenvalue weighted by molar-refractivity contribution is 6.10. The zero-order valence-electron chi connectivity index (χ0n) is 25.8. The summed E-state index contributed by atoms with van der Waals surface area (Å²) in [7, 11) is 1.32. The van der Waals surface area contributed by atoms with E-state index in [9.17, 15) is 14.4 Å². The van der Waals surface area contributed by atoms with Crippen molar-refractivity contribution in [2.24, 2.45) is 0 Å². The van der Waals surface area contributed by atoms with Gasteiger partial charge in [-0.3, -0.25) is 4.79 Å². The highest BCUT2D eigenvalue weighted by atomic mass is 16.6. The number of likely N-dealkylation sites (tertiary alicyclic amines) is 1. The Labute approximate surface area is 254 Å². The van der Waals surface area contributed by atoms with Crippen LogP contribution < -0.4 is 10.1 Å². The number of carbonyl (C=O) groups is 3. The molecule has 0 aliphatic carbocycles. The molecule has 0 radical (unpaired) electrons. The summed E-state index contributed by atoms with van der Waals surface area (Å²) in [4.78, 5) is 40.8. The lowest BCUT2D eigenvalue weighted by Crippen LogP contribution is -2.41. The Hall–Kier alpha value is -4.33. The molecule has 0 saturated carbocycles. The number of carbonyl (C=O) groups excluding carboxylic acids is 3. The molecule has 1 fully saturated rings. The van der Waals surface area contributed by atoms with Gasteiger partial charge in [-0.25, -0.2) is 9.59 Å². The normalized spacial score (nSPS) is 13.7. The van der Waals surface area contributed by atoms with Crippen LogP contribution in [0.15, 0.2) is 66.7 Å². The molecule has 1 saturated heterocycles. The summed E-state index contributed by atoms with van der Waals surface area (Å²) < 4.78 is 16.6. The Morgan fingerprint density at radius 3 is 2.28 bits per heavy atom. The molecule has 0 spiro atoms. The molecule has 0 aromatic heterocycles. The van der Waals surface area contributed by atoms with Gasteiger partial charge in [-0.1, -0.05) is 55.8 Å². The highest BCUT2D eigenvalue weighted by Gasteiger charge is 2.28. The Morgan fingerprint density at radius 1 is 0.907 bits per heavy atom. The van der Waals surface area contributed by atoms with Gasteiger partial charge in [-0.05, 0) is 86.9 Å². The number of amides is 2. The second-order valence-corrected chi connectivity index (χ2v) is 11.8. The molecule has 228 valence electrons. The van der Waals surface area contributed by atoms with E-state index in [0.717, 1.165) is 42.4 Å². The zero-order valence-corrected chi connectivity index (χ0v) is 25.8. The average Bonchev–Trinajstić information content (AvgIpc) is 3.00. The minimum Gasteiger partial charge on any atom is -0.493 e. The van der Waals surface area contributed by atoms with Crippen molar-refractivity contribution in [3.63, 3.8) is 0 Å². The van der Waals surface area contributed by atoms with Crippen LogP contribution in [-0.2, 0) is 9.47 Å². The fourth-order valence-electron chi connectivity index (χ4n) is 5.09.